The fourth-order valence-corrected chi connectivity index (χ4v) is 2.17. The SMILES string of the molecule is CC(C)(C)N1C=CN(C(C)(C)C)C1CC(=O)O. The Morgan fingerprint density at radius 3 is 1.65 bits per heavy atom. The number of hydrogen-bond donors (Lipinski definition) is 1. The van der Waals surface area contributed by atoms with Gasteiger partial charge in [0, 0.05) is 23.5 Å². The van der Waals surface area contributed by atoms with Gasteiger partial charge in [0.25, 0.3) is 0 Å². The average molecular weight is 240 g/mol. The minimum Gasteiger partial charge on any atom is -0.481 e. The summed E-state index contributed by atoms with van der Waals surface area (Å²) in [6.07, 6.45) is 4.02. The summed E-state index contributed by atoms with van der Waals surface area (Å²) in [6.45, 7) is 12.6. The summed E-state index contributed by atoms with van der Waals surface area (Å²) >= 11 is 0. The Balaban J connectivity index is 2.98. The molecule has 0 spiro atoms. The van der Waals surface area contributed by atoms with Gasteiger partial charge in [0.15, 0.2) is 0 Å². The Bertz CT molecular complexity index is 299. The van der Waals surface area contributed by atoms with Crippen molar-refractivity contribution in [2.24, 2.45) is 0 Å². The third-order valence-electron chi connectivity index (χ3n) is 2.94. The van der Waals surface area contributed by atoms with Crippen LogP contribution in [0.2, 0.25) is 0 Å². The summed E-state index contributed by atoms with van der Waals surface area (Å²) in [7, 11) is 0. The summed E-state index contributed by atoms with van der Waals surface area (Å²) in [5.41, 5.74) is -0.146. The van der Waals surface area contributed by atoms with Crippen LogP contribution in [0.1, 0.15) is 48.0 Å². The van der Waals surface area contributed by atoms with E-state index in [4.69, 9.17) is 5.11 Å². The van der Waals surface area contributed by atoms with Crippen LogP contribution in [0.15, 0.2) is 12.4 Å². The first-order valence-corrected chi connectivity index (χ1v) is 6.00. The molecule has 4 heteroatoms. The van der Waals surface area contributed by atoms with Crippen molar-refractivity contribution in [2.45, 2.75) is 65.2 Å². The lowest BCUT2D eigenvalue weighted by molar-refractivity contribution is -0.140. The first-order valence-electron chi connectivity index (χ1n) is 6.00. The molecular formula is C13H24N2O2. The molecule has 98 valence electrons. The number of carboxylic acid groups (broad SMARTS) is 1. The van der Waals surface area contributed by atoms with E-state index in [0.717, 1.165) is 0 Å². The van der Waals surface area contributed by atoms with Crippen LogP contribution in [0.3, 0.4) is 0 Å². The summed E-state index contributed by atoms with van der Waals surface area (Å²) in [6, 6.07) is 0. The summed E-state index contributed by atoms with van der Waals surface area (Å²) in [5.74, 6) is -0.762. The minimum absolute atomic E-state index is 0.0728. The van der Waals surface area contributed by atoms with Crippen LogP contribution in [0, 0.1) is 0 Å². The van der Waals surface area contributed by atoms with Crippen molar-refractivity contribution < 1.29 is 9.90 Å². The van der Waals surface area contributed by atoms with Gasteiger partial charge in [-0.25, -0.2) is 0 Å². The zero-order valence-corrected chi connectivity index (χ0v) is 11.7. The topological polar surface area (TPSA) is 43.8 Å². The maximum absolute atomic E-state index is 11.0. The highest BCUT2D eigenvalue weighted by Crippen LogP contribution is 2.32. The van der Waals surface area contributed by atoms with Crippen molar-refractivity contribution in [3.05, 3.63) is 12.4 Å². The zero-order valence-electron chi connectivity index (χ0n) is 11.7. The lowest BCUT2D eigenvalue weighted by Gasteiger charge is -2.44. The van der Waals surface area contributed by atoms with E-state index < -0.39 is 5.97 Å². The third kappa shape index (κ3) is 3.14. The molecule has 0 fully saturated rings. The zero-order chi connectivity index (χ0) is 13.4. The molecular weight excluding hydrogens is 216 g/mol. The first kappa shape index (κ1) is 13.9. The molecule has 0 aromatic rings. The monoisotopic (exact) mass is 240 g/mol. The molecule has 1 aliphatic heterocycles. The smallest absolute Gasteiger partial charge is 0.307 e. The van der Waals surface area contributed by atoms with Crippen molar-refractivity contribution in [3.63, 3.8) is 0 Å². The van der Waals surface area contributed by atoms with Crippen molar-refractivity contribution in [3.8, 4) is 0 Å². The van der Waals surface area contributed by atoms with Gasteiger partial charge in [-0.2, -0.15) is 0 Å². The van der Waals surface area contributed by atoms with E-state index in [1.807, 2.05) is 12.4 Å². The quantitative estimate of drug-likeness (QED) is 0.805. The number of aliphatic carboxylic acids is 1. The van der Waals surface area contributed by atoms with E-state index in [-0.39, 0.29) is 23.7 Å². The largest absolute Gasteiger partial charge is 0.481 e. The second-order valence-corrected chi connectivity index (χ2v) is 6.53. The predicted molar refractivity (Wildman–Crippen MR) is 68.4 cm³/mol. The van der Waals surface area contributed by atoms with Gasteiger partial charge in [-0.3, -0.25) is 4.79 Å². The van der Waals surface area contributed by atoms with Gasteiger partial charge >= 0.3 is 5.97 Å². The van der Waals surface area contributed by atoms with E-state index in [0.29, 0.717) is 0 Å². The summed E-state index contributed by atoms with van der Waals surface area (Å²) in [4.78, 5) is 15.3. The van der Waals surface area contributed by atoms with Crippen molar-refractivity contribution >= 4 is 5.97 Å². The normalized spacial score (nSPS) is 18.0. The molecule has 0 saturated heterocycles. The predicted octanol–water partition coefficient (Wildman–Crippen LogP) is 2.47. The van der Waals surface area contributed by atoms with Crippen molar-refractivity contribution in [1.82, 2.24) is 9.80 Å². The molecule has 0 aromatic heterocycles. The molecule has 0 bridgehead atoms. The summed E-state index contributed by atoms with van der Waals surface area (Å²) in [5, 5.41) is 9.06. The van der Waals surface area contributed by atoms with E-state index in [9.17, 15) is 4.79 Å². The van der Waals surface area contributed by atoms with Gasteiger partial charge in [0.05, 0.1) is 6.42 Å². The van der Waals surface area contributed by atoms with E-state index in [1.54, 1.807) is 0 Å². The molecule has 17 heavy (non-hydrogen) atoms. The molecule has 0 unspecified atom stereocenters. The van der Waals surface area contributed by atoms with Crippen molar-refractivity contribution in [2.75, 3.05) is 0 Å². The molecule has 0 atom stereocenters. The van der Waals surface area contributed by atoms with Crippen LogP contribution in [0.5, 0.6) is 0 Å². The van der Waals surface area contributed by atoms with Crippen LogP contribution in [0.4, 0.5) is 0 Å². The lowest BCUT2D eigenvalue weighted by Crippen LogP contribution is -2.53. The molecule has 0 saturated carbocycles. The number of nitrogens with zero attached hydrogens (tertiary/aromatic N) is 2. The van der Waals surface area contributed by atoms with Gasteiger partial charge in [-0.05, 0) is 41.5 Å². The summed E-state index contributed by atoms with van der Waals surface area (Å²) < 4.78 is 0. The Morgan fingerprint density at radius 2 is 1.41 bits per heavy atom. The average Bonchev–Trinajstić information content (AvgIpc) is 2.43. The third-order valence-corrected chi connectivity index (χ3v) is 2.94. The van der Waals surface area contributed by atoms with E-state index in [2.05, 4.69) is 51.3 Å². The highest BCUT2D eigenvalue weighted by Gasteiger charge is 2.38. The molecule has 1 N–H and O–H groups in total. The number of rotatable bonds is 2. The van der Waals surface area contributed by atoms with Gasteiger partial charge in [-0.15, -0.1) is 0 Å². The molecule has 1 heterocycles. The van der Waals surface area contributed by atoms with E-state index >= 15 is 0 Å². The van der Waals surface area contributed by atoms with E-state index in [1.165, 1.54) is 0 Å². The first-order chi connectivity index (χ1) is 7.53. The van der Waals surface area contributed by atoms with Crippen LogP contribution in [0.25, 0.3) is 0 Å². The Morgan fingerprint density at radius 1 is 1.06 bits per heavy atom. The highest BCUT2D eigenvalue weighted by molar-refractivity contribution is 5.67. The van der Waals surface area contributed by atoms with Crippen LogP contribution >= 0.6 is 0 Å². The lowest BCUT2D eigenvalue weighted by atomic mass is 10.0. The molecule has 1 aliphatic rings. The van der Waals surface area contributed by atoms with Crippen LogP contribution in [-0.2, 0) is 4.79 Å². The molecule has 0 aliphatic carbocycles. The fourth-order valence-electron chi connectivity index (χ4n) is 2.17. The standard InChI is InChI=1S/C13H24N2O2/c1-12(2,3)14-7-8-15(13(4,5)6)10(14)9-11(16)17/h7-8,10H,9H2,1-6H3,(H,16,17). The Kier molecular flexibility index (Phi) is 3.46. The van der Waals surface area contributed by atoms with Gasteiger partial charge in [0.2, 0.25) is 0 Å². The minimum atomic E-state index is -0.762. The van der Waals surface area contributed by atoms with Gasteiger partial charge in [-0.1, -0.05) is 0 Å². The second kappa shape index (κ2) is 4.24. The van der Waals surface area contributed by atoms with Gasteiger partial charge in [0.1, 0.15) is 6.17 Å². The van der Waals surface area contributed by atoms with Crippen LogP contribution in [-0.4, -0.2) is 38.1 Å². The van der Waals surface area contributed by atoms with Crippen LogP contribution < -0.4 is 0 Å². The maximum Gasteiger partial charge on any atom is 0.307 e. The Labute approximate surface area is 104 Å². The molecule has 4 nitrogen and oxygen atoms in total. The fraction of sp³-hybridized carbons (Fsp3) is 0.769. The molecule has 0 aromatic carbocycles. The maximum atomic E-state index is 11.0. The Hall–Kier alpha value is -1.19. The van der Waals surface area contributed by atoms with Gasteiger partial charge < -0.3 is 14.9 Å². The number of hydrogen-bond acceptors (Lipinski definition) is 3. The number of carbonyl (C=O) groups is 1. The second-order valence-electron chi connectivity index (χ2n) is 6.53. The highest BCUT2D eigenvalue weighted by atomic mass is 16.4. The number of carboxylic acids is 1. The molecule has 0 amide bonds. The molecule has 0 radical (unpaired) electrons. The molecule has 1 rings (SSSR count). The van der Waals surface area contributed by atoms with Crippen molar-refractivity contribution in [1.29, 1.82) is 0 Å².